The first kappa shape index (κ1) is 9.90. The Bertz CT molecular complexity index is 436. The van der Waals surface area contributed by atoms with Crippen LogP contribution in [0.2, 0.25) is 0 Å². The molecule has 0 atom stereocenters. The van der Waals surface area contributed by atoms with Crippen LogP contribution in [0.5, 0.6) is 0 Å². The van der Waals surface area contributed by atoms with Crippen LogP contribution in [-0.2, 0) is 6.54 Å². The summed E-state index contributed by atoms with van der Waals surface area (Å²) in [5, 5.41) is 2.08. The van der Waals surface area contributed by atoms with Crippen molar-refractivity contribution in [2.24, 2.45) is 5.73 Å². The molecule has 0 radical (unpaired) electrons. The van der Waals surface area contributed by atoms with E-state index in [4.69, 9.17) is 5.73 Å². The summed E-state index contributed by atoms with van der Waals surface area (Å²) in [6, 6.07) is 10.4. The van der Waals surface area contributed by atoms with Gasteiger partial charge in [-0.25, -0.2) is 0 Å². The fourth-order valence-corrected chi connectivity index (χ4v) is 2.71. The van der Waals surface area contributed by atoms with E-state index in [9.17, 15) is 0 Å². The minimum atomic E-state index is 0.603. The second-order valence-corrected chi connectivity index (χ2v) is 4.82. The molecular weight excluding hydrogens is 258 g/mol. The molecule has 72 valence electrons. The largest absolute Gasteiger partial charge is 0.326 e. The molecule has 0 saturated heterocycles. The van der Waals surface area contributed by atoms with Crippen LogP contribution in [0.25, 0.3) is 10.4 Å². The topological polar surface area (TPSA) is 26.0 Å². The third-order valence-corrected chi connectivity index (χ3v) is 3.55. The zero-order valence-corrected chi connectivity index (χ0v) is 9.94. The van der Waals surface area contributed by atoms with Gasteiger partial charge in [-0.3, -0.25) is 0 Å². The number of hydrogen-bond acceptors (Lipinski definition) is 2. The second kappa shape index (κ2) is 4.26. The fraction of sp³-hybridized carbons (Fsp3) is 0.0909. The van der Waals surface area contributed by atoms with Gasteiger partial charge in [-0.05, 0) is 34.7 Å². The maximum absolute atomic E-state index is 5.67. The molecule has 0 aliphatic heterocycles. The molecule has 0 spiro atoms. The third-order valence-electron chi connectivity index (χ3n) is 2.05. The molecule has 0 aliphatic rings. The lowest BCUT2D eigenvalue weighted by Crippen LogP contribution is -1.95. The molecule has 2 rings (SSSR count). The second-order valence-electron chi connectivity index (χ2n) is 2.99. The van der Waals surface area contributed by atoms with Crippen molar-refractivity contribution >= 4 is 27.3 Å². The van der Waals surface area contributed by atoms with Crippen LogP contribution in [0, 0.1) is 0 Å². The van der Waals surface area contributed by atoms with Gasteiger partial charge in [0.05, 0.1) is 0 Å². The summed E-state index contributed by atoms with van der Waals surface area (Å²) in [7, 11) is 0. The van der Waals surface area contributed by atoms with Crippen molar-refractivity contribution in [2.45, 2.75) is 6.54 Å². The Hall–Kier alpha value is -0.640. The molecule has 1 aromatic heterocycles. The lowest BCUT2D eigenvalue weighted by Gasteiger charge is -2.01. The monoisotopic (exact) mass is 267 g/mol. The van der Waals surface area contributed by atoms with Crippen molar-refractivity contribution < 1.29 is 0 Å². The van der Waals surface area contributed by atoms with Gasteiger partial charge in [-0.15, -0.1) is 11.3 Å². The Morgan fingerprint density at radius 1 is 1.29 bits per heavy atom. The molecule has 14 heavy (non-hydrogen) atoms. The van der Waals surface area contributed by atoms with Gasteiger partial charge in [-0.2, -0.15) is 0 Å². The predicted octanol–water partition coefficient (Wildman–Crippen LogP) is 3.64. The molecule has 0 aliphatic carbocycles. The fourth-order valence-electron chi connectivity index (χ4n) is 1.38. The number of thiophene rings is 1. The molecule has 1 nitrogen and oxygen atoms in total. The normalized spacial score (nSPS) is 10.4. The first-order chi connectivity index (χ1) is 6.81. The van der Waals surface area contributed by atoms with Crippen molar-refractivity contribution in [3.8, 4) is 10.4 Å². The summed E-state index contributed by atoms with van der Waals surface area (Å²) in [6.07, 6.45) is 0. The molecule has 0 unspecified atom stereocenters. The number of nitrogens with two attached hydrogens (primary N) is 1. The molecular formula is C11H10BrNS. The highest BCUT2D eigenvalue weighted by Gasteiger charge is 2.05. The summed E-state index contributed by atoms with van der Waals surface area (Å²) >= 11 is 5.20. The van der Waals surface area contributed by atoms with E-state index in [1.807, 2.05) is 12.1 Å². The van der Waals surface area contributed by atoms with E-state index in [0.717, 1.165) is 4.47 Å². The van der Waals surface area contributed by atoms with E-state index in [1.54, 1.807) is 11.3 Å². The highest BCUT2D eigenvalue weighted by Crippen LogP contribution is 2.30. The highest BCUT2D eigenvalue weighted by molar-refractivity contribution is 9.10. The van der Waals surface area contributed by atoms with Crippen molar-refractivity contribution in [2.75, 3.05) is 0 Å². The van der Waals surface area contributed by atoms with Crippen LogP contribution < -0.4 is 5.73 Å². The molecule has 0 fully saturated rings. The number of halogens is 1. The van der Waals surface area contributed by atoms with Crippen LogP contribution in [-0.4, -0.2) is 0 Å². The minimum Gasteiger partial charge on any atom is -0.326 e. The Labute approximate surface area is 95.7 Å². The maximum atomic E-state index is 5.67. The Kier molecular flexibility index (Phi) is 3.01. The molecule has 0 saturated carbocycles. The Balaban J connectivity index is 2.49. The molecule has 1 aromatic carbocycles. The van der Waals surface area contributed by atoms with Crippen LogP contribution in [0.3, 0.4) is 0 Å². The quantitative estimate of drug-likeness (QED) is 0.884. The average molecular weight is 268 g/mol. The van der Waals surface area contributed by atoms with E-state index < -0.39 is 0 Å². The number of benzene rings is 1. The molecule has 1 heterocycles. The lowest BCUT2D eigenvalue weighted by molar-refractivity contribution is 1.08. The van der Waals surface area contributed by atoms with Gasteiger partial charge in [0.2, 0.25) is 0 Å². The molecule has 0 bridgehead atoms. The maximum Gasteiger partial charge on any atom is 0.0387 e. The van der Waals surface area contributed by atoms with Crippen molar-refractivity contribution in [3.05, 3.63) is 45.7 Å². The van der Waals surface area contributed by atoms with Gasteiger partial charge in [0.1, 0.15) is 0 Å². The zero-order chi connectivity index (χ0) is 9.97. The van der Waals surface area contributed by atoms with E-state index in [1.165, 1.54) is 16.0 Å². The van der Waals surface area contributed by atoms with Crippen molar-refractivity contribution in [1.82, 2.24) is 0 Å². The van der Waals surface area contributed by atoms with E-state index in [2.05, 4.69) is 39.5 Å². The number of hydrogen-bond donors (Lipinski definition) is 1. The van der Waals surface area contributed by atoms with Gasteiger partial charge in [0.15, 0.2) is 0 Å². The summed E-state index contributed by atoms with van der Waals surface area (Å²) in [4.78, 5) is 1.27. The number of rotatable bonds is 2. The Morgan fingerprint density at radius 2 is 2.14 bits per heavy atom. The summed E-state index contributed by atoms with van der Waals surface area (Å²) in [5.74, 6) is 0. The molecule has 3 heteroatoms. The van der Waals surface area contributed by atoms with E-state index in [-0.39, 0.29) is 0 Å². The standard InChI is InChI=1S/C11H10BrNS/c12-10-3-1-2-8(6-10)11-9(7-13)4-5-14-11/h1-6H,7,13H2. The third kappa shape index (κ3) is 1.90. The summed E-state index contributed by atoms with van der Waals surface area (Å²) in [6.45, 7) is 0.603. The first-order valence-corrected chi connectivity index (χ1v) is 6.01. The predicted molar refractivity (Wildman–Crippen MR) is 65.3 cm³/mol. The van der Waals surface area contributed by atoms with Crippen LogP contribution in [0.1, 0.15) is 5.56 Å². The van der Waals surface area contributed by atoms with Crippen molar-refractivity contribution in [1.29, 1.82) is 0 Å². The summed E-state index contributed by atoms with van der Waals surface area (Å²) < 4.78 is 1.10. The van der Waals surface area contributed by atoms with Gasteiger partial charge >= 0.3 is 0 Å². The van der Waals surface area contributed by atoms with E-state index >= 15 is 0 Å². The Morgan fingerprint density at radius 3 is 2.86 bits per heavy atom. The van der Waals surface area contributed by atoms with Gasteiger partial charge in [0.25, 0.3) is 0 Å². The van der Waals surface area contributed by atoms with Gasteiger partial charge < -0.3 is 5.73 Å². The minimum absolute atomic E-state index is 0.603. The molecule has 2 aromatic rings. The molecule has 0 amide bonds. The zero-order valence-electron chi connectivity index (χ0n) is 7.53. The van der Waals surface area contributed by atoms with Crippen LogP contribution >= 0.6 is 27.3 Å². The van der Waals surface area contributed by atoms with Crippen LogP contribution in [0.4, 0.5) is 0 Å². The molecule has 2 N–H and O–H groups in total. The smallest absolute Gasteiger partial charge is 0.0387 e. The SMILES string of the molecule is NCc1ccsc1-c1cccc(Br)c1. The van der Waals surface area contributed by atoms with E-state index in [0.29, 0.717) is 6.54 Å². The summed E-state index contributed by atoms with van der Waals surface area (Å²) in [5.41, 5.74) is 8.11. The van der Waals surface area contributed by atoms with Crippen molar-refractivity contribution in [3.63, 3.8) is 0 Å². The van der Waals surface area contributed by atoms with Crippen LogP contribution in [0.15, 0.2) is 40.2 Å². The lowest BCUT2D eigenvalue weighted by atomic mass is 10.1. The average Bonchev–Trinajstić information content (AvgIpc) is 2.65. The first-order valence-electron chi connectivity index (χ1n) is 4.33. The van der Waals surface area contributed by atoms with Gasteiger partial charge in [-0.1, -0.05) is 28.1 Å². The highest BCUT2D eigenvalue weighted by atomic mass is 79.9. The van der Waals surface area contributed by atoms with Gasteiger partial charge in [0, 0.05) is 15.9 Å².